The second-order valence-electron chi connectivity index (χ2n) is 6.21. The third-order valence-corrected chi connectivity index (χ3v) is 4.67. The molecule has 0 aliphatic carbocycles. The van der Waals surface area contributed by atoms with Crippen LogP contribution in [-0.2, 0) is 20.7 Å². The summed E-state index contributed by atoms with van der Waals surface area (Å²) in [5.74, 6) is -1.41. The monoisotopic (exact) mass is 387 g/mol. The number of nitrogens with zero attached hydrogens (tertiary/aromatic N) is 1. The number of ether oxygens (including phenoxy) is 1. The predicted octanol–water partition coefficient (Wildman–Crippen LogP) is 2.47. The molecule has 0 unspecified atom stereocenters. The lowest BCUT2D eigenvalue weighted by atomic mass is 10.1. The zero-order chi connectivity index (χ0) is 19.1. The Bertz CT molecular complexity index is 789. The molecule has 0 radical (unpaired) electrons. The van der Waals surface area contributed by atoms with Crippen molar-refractivity contribution in [2.75, 3.05) is 43.1 Å². The van der Waals surface area contributed by atoms with Gasteiger partial charge < -0.3 is 20.3 Å². The molecule has 0 spiro atoms. The Labute approximate surface area is 163 Å². The molecule has 0 bridgehead atoms. The standard InChI is InChI=1S/C20H22ClN3O3/c21-17-3-1-2-4-18(17)23-20(26)19(25)22-10-9-15-5-7-16(8-6-15)24-11-13-27-14-12-24/h1-8H,9-14H2,(H,22,25)(H,23,26). The Morgan fingerprint density at radius 1 is 1.00 bits per heavy atom. The molecule has 1 aliphatic heterocycles. The van der Waals surface area contributed by atoms with Crippen LogP contribution in [0.2, 0.25) is 5.02 Å². The van der Waals surface area contributed by atoms with E-state index in [0.29, 0.717) is 23.7 Å². The Balaban J connectivity index is 1.44. The number of hydrogen-bond acceptors (Lipinski definition) is 4. The SMILES string of the molecule is O=C(NCCc1ccc(N2CCOCC2)cc1)C(=O)Nc1ccccc1Cl. The number of morpholine rings is 1. The maximum Gasteiger partial charge on any atom is 0.313 e. The lowest BCUT2D eigenvalue weighted by Gasteiger charge is -2.28. The van der Waals surface area contributed by atoms with Gasteiger partial charge in [-0.05, 0) is 36.2 Å². The largest absolute Gasteiger partial charge is 0.378 e. The van der Waals surface area contributed by atoms with Crippen molar-refractivity contribution in [1.29, 1.82) is 0 Å². The highest BCUT2D eigenvalue weighted by molar-refractivity contribution is 6.41. The molecule has 2 aromatic carbocycles. The van der Waals surface area contributed by atoms with Gasteiger partial charge in [0.15, 0.2) is 0 Å². The van der Waals surface area contributed by atoms with E-state index in [9.17, 15) is 9.59 Å². The molecule has 1 aliphatic rings. The van der Waals surface area contributed by atoms with Crippen LogP contribution in [0, 0.1) is 0 Å². The van der Waals surface area contributed by atoms with Crippen molar-refractivity contribution in [3.8, 4) is 0 Å². The highest BCUT2D eigenvalue weighted by atomic mass is 35.5. The Morgan fingerprint density at radius 3 is 2.41 bits per heavy atom. The zero-order valence-electron chi connectivity index (χ0n) is 14.9. The molecule has 7 heteroatoms. The molecule has 2 aromatic rings. The van der Waals surface area contributed by atoms with E-state index in [-0.39, 0.29) is 0 Å². The molecule has 1 fully saturated rings. The van der Waals surface area contributed by atoms with Gasteiger partial charge in [0.1, 0.15) is 0 Å². The highest BCUT2D eigenvalue weighted by Gasteiger charge is 2.14. The first-order valence-corrected chi connectivity index (χ1v) is 9.26. The molecule has 0 atom stereocenters. The molecule has 142 valence electrons. The minimum atomic E-state index is -0.731. The van der Waals surface area contributed by atoms with Crippen LogP contribution in [0.25, 0.3) is 0 Å². The fourth-order valence-electron chi connectivity index (χ4n) is 2.84. The minimum Gasteiger partial charge on any atom is -0.378 e. The van der Waals surface area contributed by atoms with E-state index in [0.717, 1.165) is 31.9 Å². The summed E-state index contributed by atoms with van der Waals surface area (Å²) in [6, 6.07) is 15.0. The number of nitrogens with one attached hydrogen (secondary N) is 2. The zero-order valence-corrected chi connectivity index (χ0v) is 15.7. The van der Waals surface area contributed by atoms with Crippen molar-refractivity contribution in [2.45, 2.75) is 6.42 Å². The fraction of sp³-hybridized carbons (Fsp3) is 0.300. The number of carbonyl (C=O) groups excluding carboxylic acids is 2. The van der Waals surface area contributed by atoms with E-state index >= 15 is 0 Å². The lowest BCUT2D eigenvalue weighted by Crippen LogP contribution is -2.36. The predicted molar refractivity (Wildman–Crippen MR) is 106 cm³/mol. The van der Waals surface area contributed by atoms with Gasteiger partial charge in [-0.15, -0.1) is 0 Å². The molecule has 1 saturated heterocycles. The molecule has 27 heavy (non-hydrogen) atoms. The molecule has 2 N–H and O–H groups in total. The van der Waals surface area contributed by atoms with E-state index in [2.05, 4.69) is 27.7 Å². The molecular formula is C20H22ClN3O3. The lowest BCUT2D eigenvalue weighted by molar-refractivity contribution is -0.136. The van der Waals surface area contributed by atoms with Crippen LogP contribution in [0.5, 0.6) is 0 Å². The second-order valence-corrected chi connectivity index (χ2v) is 6.61. The van der Waals surface area contributed by atoms with Crippen molar-refractivity contribution < 1.29 is 14.3 Å². The number of amides is 2. The van der Waals surface area contributed by atoms with Crippen molar-refractivity contribution in [1.82, 2.24) is 5.32 Å². The number of rotatable bonds is 5. The van der Waals surface area contributed by atoms with Gasteiger partial charge in [-0.25, -0.2) is 0 Å². The summed E-state index contributed by atoms with van der Waals surface area (Å²) >= 11 is 5.97. The maximum absolute atomic E-state index is 11.9. The second kappa shape index (κ2) is 9.39. The number of benzene rings is 2. The highest BCUT2D eigenvalue weighted by Crippen LogP contribution is 2.20. The summed E-state index contributed by atoms with van der Waals surface area (Å²) in [4.78, 5) is 26.1. The van der Waals surface area contributed by atoms with Crippen LogP contribution in [0.4, 0.5) is 11.4 Å². The van der Waals surface area contributed by atoms with Gasteiger partial charge in [-0.2, -0.15) is 0 Å². The molecule has 2 amide bonds. The fourth-order valence-corrected chi connectivity index (χ4v) is 3.02. The summed E-state index contributed by atoms with van der Waals surface area (Å²) in [5, 5.41) is 5.52. The van der Waals surface area contributed by atoms with Gasteiger partial charge in [-0.1, -0.05) is 35.9 Å². The minimum absolute atomic E-state index is 0.381. The Hall–Kier alpha value is -2.57. The van der Waals surface area contributed by atoms with E-state index < -0.39 is 11.8 Å². The summed E-state index contributed by atoms with van der Waals surface area (Å²) in [5.41, 5.74) is 2.68. The van der Waals surface area contributed by atoms with Crippen LogP contribution in [0.1, 0.15) is 5.56 Å². The van der Waals surface area contributed by atoms with Gasteiger partial charge in [0.05, 0.1) is 23.9 Å². The number of anilines is 2. The van der Waals surface area contributed by atoms with Crippen molar-refractivity contribution in [2.24, 2.45) is 0 Å². The van der Waals surface area contributed by atoms with Crippen LogP contribution >= 0.6 is 11.6 Å². The van der Waals surface area contributed by atoms with E-state index in [4.69, 9.17) is 16.3 Å². The number of carbonyl (C=O) groups is 2. The summed E-state index contributed by atoms with van der Waals surface area (Å²) in [6.45, 7) is 3.69. The average molecular weight is 388 g/mol. The van der Waals surface area contributed by atoms with Crippen molar-refractivity contribution in [3.63, 3.8) is 0 Å². The van der Waals surface area contributed by atoms with Gasteiger partial charge >= 0.3 is 11.8 Å². The topological polar surface area (TPSA) is 70.7 Å². The normalized spacial score (nSPS) is 13.9. The number of hydrogen-bond donors (Lipinski definition) is 2. The van der Waals surface area contributed by atoms with Crippen molar-refractivity contribution in [3.05, 3.63) is 59.1 Å². The first-order chi connectivity index (χ1) is 13.1. The first-order valence-electron chi connectivity index (χ1n) is 8.89. The van der Waals surface area contributed by atoms with E-state index in [1.807, 2.05) is 12.1 Å². The van der Waals surface area contributed by atoms with Crippen molar-refractivity contribution >= 4 is 34.8 Å². The molecule has 1 heterocycles. The summed E-state index contributed by atoms with van der Waals surface area (Å²) in [6.07, 6.45) is 0.647. The molecule has 3 rings (SSSR count). The van der Waals surface area contributed by atoms with Gasteiger partial charge in [0.25, 0.3) is 0 Å². The molecule has 0 aromatic heterocycles. The summed E-state index contributed by atoms with van der Waals surface area (Å²) < 4.78 is 5.36. The van der Waals surface area contributed by atoms with Gasteiger partial charge in [-0.3, -0.25) is 9.59 Å². The number of para-hydroxylation sites is 1. The molecule has 0 saturated carbocycles. The van der Waals surface area contributed by atoms with Gasteiger partial charge in [0.2, 0.25) is 0 Å². The molecule has 6 nitrogen and oxygen atoms in total. The van der Waals surface area contributed by atoms with Crippen LogP contribution < -0.4 is 15.5 Å². The first kappa shape index (κ1) is 19.2. The third-order valence-electron chi connectivity index (χ3n) is 4.34. The molecular weight excluding hydrogens is 366 g/mol. The average Bonchev–Trinajstić information content (AvgIpc) is 2.71. The van der Waals surface area contributed by atoms with E-state index in [1.54, 1.807) is 24.3 Å². The summed E-state index contributed by atoms with van der Waals surface area (Å²) in [7, 11) is 0. The van der Waals surface area contributed by atoms with Crippen LogP contribution in [-0.4, -0.2) is 44.7 Å². The van der Waals surface area contributed by atoms with Crippen LogP contribution in [0.15, 0.2) is 48.5 Å². The number of halogens is 1. The Morgan fingerprint density at radius 2 is 1.70 bits per heavy atom. The third kappa shape index (κ3) is 5.45. The Kier molecular flexibility index (Phi) is 6.68. The smallest absolute Gasteiger partial charge is 0.313 e. The van der Waals surface area contributed by atoms with E-state index in [1.165, 1.54) is 5.69 Å². The maximum atomic E-state index is 11.9. The quantitative estimate of drug-likeness (QED) is 0.773. The van der Waals surface area contributed by atoms with Gasteiger partial charge in [0, 0.05) is 25.3 Å². The van der Waals surface area contributed by atoms with Crippen LogP contribution in [0.3, 0.4) is 0 Å².